The molecule has 0 unspecified atom stereocenters. The molecule has 0 aromatic heterocycles. The van der Waals surface area contributed by atoms with Gasteiger partial charge < -0.3 is 4.43 Å². The Morgan fingerprint density at radius 1 is 0.962 bits per heavy atom. The standard InChI is InChI=1S/C23H33NOSi/c1-16-13-17(2)21(18(3)14-16)24-15-19-11-10-12-20(23(4,5)6)22(19)25-26(7,8)9/h10-15H,1-9H3. The number of benzene rings is 2. The van der Waals surface area contributed by atoms with E-state index in [0.29, 0.717) is 0 Å². The molecule has 0 aliphatic carbocycles. The zero-order chi connectivity index (χ0) is 19.7. The third-order valence-corrected chi connectivity index (χ3v) is 5.05. The molecule has 0 saturated heterocycles. The van der Waals surface area contributed by atoms with E-state index in [1.807, 2.05) is 6.21 Å². The molecule has 0 N–H and O–H groups in total. The molecule has 0 aliphatic rings. The van der Waals surface area contributed by atoms with Crippen LogP contribution in [0.1, 0.15) is 48.6 Å². The van der Waals surface area contributed by atoms with Crippen molar-refractivity contribution < 1.29 is 4.43 Å². The van der Waals surface area contributed by atoms with Gasteiger partial charge in [0.25, 0.3) is 0 Å². The van der Waals surface area contributed by atoms with Crippen molar-refractivity contribution in [2.24, 2.45) is 4.99 Å². The smallest absolute Gasteiger partial charge is 0.242 e. The Kier molecular flexibility index (Phi) is 5.81. The van der Waals surface area contributed by atoms with Crippen molar-refractivity contribution in [3.05, 3.63) is 58.1 Å². The largest absolute Gasteiger partial charge is 0.544 e. The molecule has 0 aliphatic heterocycles. The van der Waals surface area contributed by atoms with Crippen LogP contribution >= 0.6 is 0 Å². The number of aliphatic imine (C=N–C) groups is 1. The van der Waals surface area contributed by atoms with Crippen molar-refractivity contribution in [2.45, 2.75) is 66.6 Å². The first-order valence-electron chi connectivity index (χ1n) is 9.33. The third kappa shape index (κ3) is 5.07. The lowest BCUT2D eigenvalue weighted by atomic mass is 9.85. The summed E-state index contributed by atoms with van der Waals surface area (Å²) in [6, 6.07) is 10.8. The van der Waals surface area contributed by atoms with E-state index >= 15 is 0 Å². The number of rotatable bonds is 4. The van der Waals surface area contributed by atoms with Gasteiger partial charge in [0.1, 0.15) is 5.75 Å². The average molecular weight is 368 g/mol. The molecule has 26 heavy (non-hydrogen) atoms. The summed E-state index contributed by atoms with van der Waals surface area (Å²) in [5, 5.41) is 0. The highest BCUT2D eigenvalue weighted by Gasteiger charge is 2.25. The number of nitrogens with zero attached hydrogens (tertiary/aromatic N) is 1. The number of aryl methyl sites for hydroxylation is 3. The van der Waals surface area contributed by atoms with E-state index in [-0.39, 0.29) is 5.41 Å². The van der Waals surface area contributed by atoms with Crippen molar-refractivity contribution in [1.82, 2.24) is 0 Å². The summed E-state index contributed by atoms with van der Waals surface area (Å²) >= 11 is 0. The van der Waals surface area contributed by atoms with Gasteiger partial charge in [0.05, 0.1) is 5.69 Å². The molecule has 2 nitrogen and oxygen atoms in total. The Morgan fingerprint density at radius 2 is 1.54 bits per heavy atom. The molecule has 140 valence electrons. The van der Waals surface area contributed by atoms with Crippen molar-refractivity contribution in [3.8, 4) is 5.75 Å². The summed E-state index contributed by atoms with van der Waals surface area (Å²) in [6.07, 6.45) is 1.97. The summed E-state index contributed by atoms with van der Waals surface area (Å²) < 4.78 is 6.51. The minimum Gasteiger partial charge on any atom is -0.544 e. The molecule has 0 bridgehead atoms. The number of para-hydroxylation sites is 1. The Morgan fingerprint density at radius 3 is 2.04 bits per heavy atom. The summed E-state index contributed by atoms with van der Waals surface area (Å²) in [4.78, 5) is 4.84. The van der Waals surface area contributed by atoms with Gasteiger partial charge in [0.2, 0.25) is 8.32 Å². The molecule has 0 saturated carbocycles. The second-order valence-corrected chi connectivity index (χ2v) is 13.6. The van der Waals surface area contributed by atoms with Crippen LogP contribution in [0.3, 0.4) is 0 Å². The normalized spacial score (nSPS) is 12.7. The zero-order valence-corrected chi connectivity index (χ0v) is 18.8. The van der Waals surface area contributed by atoms with E-state index in [9.17, 15) is 0 Å². The zero-order valence-electron chi connectivity index (χ0n) is 17.8. The lowest BCUT2D eigenvalue weighted by molar-refractivity contribution is 0.507. The van der Waals surface area contributed by atoms with Crippen LogP contribution in [0.15, 0.2) is 35.3 Å². The first-order valence-corrected chi connectivity index (χ1v) is 12.7. The fourth-order valence-corrected chi connectivity index (χ4v) is 4.02. The molecule has 0 amide bonds. The van der Waals surface area contributed by atoms with Gasteiger partial charge in [-0.2, -0.15) is 0 Å². The maximum atomic E-state index is 6.51. The Hall–Kier alpha value is -1.87. The van der Waals surface area contributed by atoms with Gasteiger partial charge in [-0.15, -0.1) is 0 Å². The van der Waals surface area contributed by atoms with Crippen LogP contribution < -0.4 is 4.43 Å². The minimum atomic E-state index is -1.74. The van der Waals surface area contributed by atoms with Crippen molar-refractivity contribution in [1.29, 1.82) is 0 Å². The van der Waals surface area contributed by atoms with Crippen LogP contribution in [0.2, 0.25) is 19.6 Å². The Bertz CT molecular complexity index is 800. The summed E-state index contributed by atoms with van der Waals surface area (Å²) in [5.41, 5.74) is 7.05. The molecule has 0 spiro atoms. The van der Waals surface area contributed by atoms with Crippen molar-refractivity contribution in [2.75, 3.05) is 0 Å². The highest BCUT2D eigenvalue weighted by Crippen LogP contribution is 2.35. The predicted octanol–water partition coefficient (Wildman–Crippen LogP) is 6.87. The molecule has 2 rings (SSSR count). The number of hydrogen-bond donors (Lipinski definition) is 0. The molecule has 0 radical (unpaired) electrons. The first-order chi connectivity index (χ1) is 11.9. The van der Waals surface area contributed by atoms with Crippen LogP contribution in [-0.4, -0.2) is 14.5 Å². The summed E-state index contributed by atoms with van der Waals surface area (Å²) in [6.45, 7) is 19.7. The van der Waals surface area contributed by atoms with Gasteiger partial charge in [0.15, 0.2) is 0 Å². The van der Waals surface area contributed by atoms with Gasteiger partial charge in [0, 0.05) is 11.8 Å². The number of hydrogen-bond acceptors (Lipinski definition) is 2. The highest BCUT2D eigenvalue weighted by atomic mass is 28.4. The van der Waals surface area contributed by atoms with E-state index in [0.717, 1.165) is 17.0 Å². The van der Waals surface area contributed by atoms with Crippen molar-refractivity contribution >= 4 is 20.2 Å². The van der Waals surface area contributed by atoms with Gasteiger partial charge in [-0.05, 0) is 68.6 Å². The van der Waals surface area contributed by atoms with Gasteiger partial charge in [-0.25, -0.2) is 0 Å². The van der Waals surface area contributed by atoms with E-state index in [2.05, 4.69) is 91.5 Å². The fraction of sp³-hybridized carbons (Fsp3) is 0.435. The highest BCUT2D eigenvalue weighted by molar-refractivity contribution is 6.70. The average Bonchev–Trinajstić information content (AvgIpc) is 2.44. The van der Waals surface area contributed by atoms with Gasteiger partial charge in [-0.1, -0.05) is 50.6 Å². The molecule has 0 atom stereocenters. The van der Waals surface area contributed by atoms with E-state index in [1.54, 1.807) is 0 Å². The molecule has 0 fully saturated rings. The Labute approximate surface area is 160 Å². The van der Waals surface area contributed by atoms with Crippen LogP contribution in [0, 0.1) is 20.8 Å². The second-order valence-electron chi connectivity index (χ2n) is 9.19. The first kappa shape index (κ1) is 20.4. The van der Waals surface area contributed by atoms with Crippen LogP contribution in [0.4, 0.5) is 5.69 Å². The maximum absolute atomic E-state index is 6.51. The van der Waals surface area contributed by atoms with Gasteiger partial charge >= 0.3 is 0 Å². The van der Waals surface area contributed by atoms with E-state index in [1.165, 1.54) is 22.3 Å². The summed E-state index contributed by atoms with van der Waals surface area (Å²) in [5.74, 6) is 0.991. The van der Waals surface area contributed by atoms with Gasteiger partial charge in [-0.3, -0.25) is 4.99 Å². The molecular formula is C23H33NOSi. The molecule has 2 aromatic carbocycles. The topological polar surface area (TPSA) is 21.6 Å². The SMILES string of the molecule is Cc1cc(C)c(N=Cc2cccc(C(C)(C)C)c2O[Si](C)(C)C)c(C)c1. The minimum absolute atomic E-state index is 0.0223. The van der Waals surface area contributed by atoms with E-state index in [4.69, 9.17) is 9.42 Å². The third-order valence-electron chi connectivity index (χ3n) is 4.23. The van der Waals surface area contributed by atoms with Crippen LogP contribution in [0.25, 0.3) is 0 Å². The van der Waals surface area contributed by atoms with Crippen LogP contribution in [-0.2, 0) is 5.41 Å². The van der Waals surface area contributed by atoms with E-state index < -0.39 is 8.32 Å². The quantitative estimate of drug-likeness (QED) is 0.426. The fourth-order valence-electron chi connectivity index (χ4n) is 3.18. The van der Waals surface area contributed by atoms with Crippen LogP contribution in [0.5, 0.6) is 5.75 Å². The molecule has 3 heteroatoms. The lowest BCUT2D eigenvalue weighted by Gasteiger charge is -2.28. The second kappa shape index (κ2) is 7.40. The Balaban J connectivity index is 2.56. The van der Waals surface area contributed by atoms with Crippen molar-refractivity contribution in [3.63, 3.8) is 0 Å². The summed E-state index contributed by atoms with van der Waals surface area (Å²) in [7, 11) is -1.74. The lowest BCUT2D eigenvalue weighted by Crippen LogP contribution is -2.31. The molecule has 2 aromatic rings. The predicted molar refractivity (Wildman–Crippen MR) is 117 cm³/mol. The molecular weight excluding hydrogens is 334 g/mol. The molecule has 0 heterocycles. The maximum Gasteiger partial charge on any atom is 0.242 e. The monoisotopic (exact) mass is 367 g/mol.